The van der Waals surface area contributed by atoms with Gasteiger partial charge >= 0.3 is 0 Å². The highest BCUT2D eigenvalue weighted by atomic mass is 16.8. The van der Waals surface area contributed by atoms with E-state index in [-0.39, 0.29) is 18.9 Å². The number of carbonyl (C=O) groups is 1. The van der Waals surface area contributed by atoms with Crippen LogP contribution in [0.4, 0.5) is 0 Å². The molecule has 0 aromatic rings. The summed E-state index contributed by atoms with van der Waals surface area (Å²) in [7, 11) is 0. The van der Waals surface area contributed by atoms with E-state index in [1.54, 1.807) is 6.08 Å². The van der Waals surface area contributed by atoms with Gasteiger partial charge in [0.2, 0.25) is 5.91 Å². The molecule has 3 aliphatic heterocycles. The molecule has 3 aliphatic rings. The Morgan fingerprint density at radius 3 is 1.26 bits per heavy atom. The largest absolute Gasteiger partial charge is 0.394 e. The maximum absolute atomic E-state index is 13.4. The molecule has 3 fully saturated rings. The van der Waals surface area contributed by atoms with E-state index < -0.39 is 124 Å². The number of hydrogen-bond donors (Lipinski definition) is 12. The normalized spacial score (nSPS) is 28.9. The lowest BCUT2D eigenvalue weighted by molar-refractivity contribution is -0.379. The molecule has 3 heterocycles. The second kappa shape index (κ2) is 50.9. The molecule has 19 heteroatoms. The minimum absolute atomic E-state index is 0.224. The highest BCUT2D eigenvalue weighted by Gasteiger charge is 2.53. The predicted molar refractivity (Wildman–Crippen MR) is 346 cm³/mol. The molecular weight excluding hydrogens is 1140 g/mol. The van der Waals surface area contributed by atoms with Crippen molar-refractivity contribution >= 4 is 5.91 Å². The van der Waals surface area contributed by atoms with Gasteiger partial charge in [-0.1, -0.05) is 207 Å². The first-order valence-corrected chi connectivity index (χ1v) is 33.6. The summed E-state index contributed by atoms with van der Waals surface area (Å²) in [6.07, 6.45) is 40.9. The number of nitrogens with one attached hydrogen (secondary N) is 1. The van der Waals surface area contributed by atoms with Crippen LogP contribution in [0.15, 0.2) is 109 Å². The van der Waals surface area contributed by atoms with Crippen LogP contribution >= 0.6 is 0 Å². The predicted octanol–water partition coefficient (Wildman–Crippen LogP) is 8.27. The Bertz CT molecular complexity index is 2040. The third kappa shape index (κ3) is 33.2. The first-order valence-electron chi connectivity index (χ1n) is 33.6. The third-order valence-electron chi connectivity index (χ3n) is 16.1. The average Bonchev–Trinajstić information content (AvgIpc) is 1.33. The molecule has 0 saturated carbocycles. The Morgan fingerprint density at radius 2 is 0.787 bits per heavy atom. The van der Waals surface area contributed by atoms with Crippen LogP contribution in [0.2, 0.25) is 0 Å². The van der Waals surface area contributed by atoms with Gasteiger partial charge in [-0.2, -0.15) is 0 Å². The van der Waals surface area contributed by atoms with E-state index in [0.717, 1.165) is 96.3 Å². The summed E-state index contributed by atoms with van der Waals surface area (Å²) in [5.41, 5.74) is 0. The zero-order chi connectivity index (χ0) is 64.7. The fourth-order valence-corrected chi connectivity index (χ4v) is 10.6. The number of amides is 1. The molecule has 0 aliphatic carbocycles. The summed E-state index contributed by atoms with van der Waals surface area (Å²) in [6.45, 7) is 1.53. The zero-order valence-electron chi connectivity index (χ0n) is 53.6. The maximum Gasteiger partial charge on any atom is 0.220 e. The molecule has 89 heavy (non-hydrogen) atoms. The molecule has 17 unspecified atom stereocenters. The first kappa shape index (κ1) is 79.7. The van der Waals surface area contributed by atoms with Gasteiger partial charge in [-0.05, 0) is 89.9 Å². The molecule has 0 aromatic carbocycles. The van der Waals surface area contributed by atoms with E-state index in [0.29, 0.717) is 12.8 Å². The Balaban J connectivity index is 1.37. The topological polar surface area (TPSA) is 307 Å². The van der Waals surface area contributed by atoms with Crippen LogP contribution in [0.1, 0.15) is 194 Å². The summed E-state index contributed by atoms with van der Waals surface area (Å²) in [5, 5.41) is 120. The smallest absolute Gasteiger partial charge is 0.220 e. The van der Waals surface area contributed by atoms with Crippen molar-refractivity contribution in [3.05, 3.63) is 109 Å². The van der Waals surface area contributed by atoms with Gasteiger partial charge in [-0.15, -0.1) is 0 Å². The number of unbranched alkanes of at least 4 members (excludes halogenated alkanes) is 17. The third-order valence-corrected chi connectivity index (χ3v) is 16.1. The Kier molecular flexibility index (Phi) is 45.6. The molecule has 0 aromatic heterocycles. The number of hydrogen-bond acceptors (Lipinski definition) is 18. The number of allylic oxidation sites excluding steroid dienone is 17. The molecule has 3 saturated heterocycles. The average molecular weight is 1260 g/mol. The lowest BCUT2D eigenvalue weighted by atomic mass is 9.96. The van der Waals surface area contributed by atoms with E-state index in [1.165, 1.54) is 64.2 Å². The second-order valence-corrected chi connectivity index (χ2v) is 23.5. The molecule has 1 amide bonds. The number of rotatable bonds is 49. The van der Waals surface area contributed by atoms with Gasteiger partial charge in [0, 0.05) is 6.42 Å². The van der Waals surface area contributed by atoms with Crippen LogP contribution < -0.4 is 5.32 Å². The minimum Gasteiger partial charge on any atom is -0.394 e. The van der Waals surface area contributed by atoms with Crippen molar-refractivity contribution in [2.24, 2.45) is 0 Å². The summed E-state index contributed by atoms with van der Waals surface area (Å²) in [5.74, 6) is -0.296. The Hall–Kier alpha value is -3.55. The van der Waals surface area contributed by atoms with E-state index in [9.17, 15) is 61.0 Å². The van der Waals surface area contributed by atoms with Crippen molar-refractivity contribution in [1.82, 2.24) is 5.32 Å². The van der Waals surface area contributed by atoms with Gasteiger partial charge in [0.15, 0.2) is 18.9 Å². The fourth-order valence-electron chi connectivity index (χ4n) is 10.6. The van der Waals surface area contributed by atoms with E-state index in [1.807, 2.05) is 6.08 Å². The van der Waals surface area contributed by atoms with Crippen LogP contribution in [0.3, 0.4) is 0 Å². The van der Waals surface area contributed by atoms with E-state index >= 15 is 0 Å². The van der Waals surface area contributed by atoms with Gasteiger partial charge < -0.3 is 89.9 Å². The molecule has 19 nitrogen and oxygen atoms in total. The molecule has 12 N–H and O–H groups in total. The molecule has 0 bridgehead atoms. The zero-order valence-corrected chi connectivity index (χ0v) is 53.6. The van der Waals surface area contributed by atoms with Crippen LogP contribution in [0, 0.1) is 0 Å². The molecule has 17 atom stereocenters. The Morgan fingerprint density at radius 1 is 0.416 bits per heavy atom. The fraction of sp³-hybridized carbons (Fsp3) is 0.729. The molecule has 0 spiro atoms. The first-order chi connectivity index (χ1) is 43.3. The van der Waals surface area contributed by atoms with Crippen molar-refractivity contribution in [2.75, 3.05) is 26.4 Å². The lowest BCUT2D eigenvalue weighted by Gasteiger charge is -2.48. The maximum atomic E-state index is 13.4. The lowest BCUT2D eigenvalue weighted by Crippen LogP contribution is -2.66. The minimum atomic E-state index is -1.98. The van der Waals surface area contributed by atoms with Crippen LogP contribution in [0.25, 0.3) is 0 Å². The quantitative estimate of drug-likeness (QED) is 0.0201. The van der Waals surface area contributed by atoms with Gasteiger partial charge in [0.1, 0.15) is 73.2 Å². The van der Waals surface area contributed by atoms with Crippen LogP contribution in [-0.2, 0) is 33.2 Å². The van der Waals surface area contributed by atoms with Crippen molar-refractivity contribution in [2.45, 2.75) is 298 Å². The molecule has 510 valence electrons. The monoisotopic (exact) mass is 1260 g/mol. The van der Waals surface area contributed by atoms with Gasteiger partial charge in [0.25, 0.3) is 0 Å². The number of aliphatic hydroxyl groups excluding tert-OH is 11. The highest BCUT2D eigenvalue weighted by Crippen LogP contribution is 2.33. The van der Waals surface area contributed by atoms with Gasteiger partial charge in [0.05, 0.1) is 38.6 Å². The summed E-state index contributed by atoms with van der Waals surface area (Å²) in [4.78, 5) is 13.4. The van der Waals surface area contributed by atoms with Crippen molar-refractivity contribution in [3.63, 3.8) is 0 Å². The number of ether oxygens (including phenoxy) is 6. The Labute approximate surface area is 532 Å². The van der Waals surface area contributed by atoms with Crippen molar-refractivity contribution < 1.29 is 89.4 Å². The molecule has 0 radical (unpaired) electrons. The van der Waals surface area contributed by atoms with Gasteiger partial charge in [-0.3, -0.25) is 4.79 Å². The van der Waals surface area contributed by atoms with Crippen LogP contribution in [-0.4, -0.2) is 193 Å². The van der Waals surface area contributed by atoms with Crippen molar-refractivity contribution in [1.29, 1.82) is 0 Å². The SMILES string of the molecule is CC/C=C\C/C=C\C/C=C\C/C=C\C/C=C\C/C=C\C/C=C\CCCCCCCCCCCCCC(=O)NC(COC1OC(CO)C(OC2OC(CO)C(OC3OC(CO)C(O)C(O)C3O)C(O)C2O)C(O)C1O)C(O)/C=C/CC/C=C/CCCCCCC. The summed E-state index contributed by atoms with van der Waals surface area (Å²) < 4.78 is 34.2. The highest BCUT2D eigenvalue weighted by molar-refractivity contribution is 5.76. The van der Waals surface area contributed by atoms with Crippen LogP contribution in [0.5, 0.6) is 0 Å². The summed E-state index contributed by atoms with van der Waals surface area (Å²) >= 11 is 0. The molecular formula is C70H117NO18. The van der Waals surface area contributed by atoms with Crippen molar-refractivity contribution in [3.8, 4) is 0 Å². The van der Waals surface area contributed by atoms with E-state index in [4.69, 9.17) is 28.4 Å². The second-order valence-electron chi connectivity index (χ2n) is 23.5. The summed E-state index contributed by atoms with van der Waals surface area (Å²) in [6, 6.07) is -0.997. The standard InChI is InChI=1S/C70H117NO18/c1-3-5-7-9-11-13-15-16-17-18-19-20-21-22-23-24-25-26-27-28-29-30-31-32-33-34-35-36-38-40-42-44-46-48-58(76)71-53(54(75)47-45-43-41-39-37-14-12-10-8-6-4-2)52-84-68-64(82)61(79)66(56(50-73)86-68)89-70-65(83)62(80)67(57(51-74)87-70)88-69-63(81)60(78)59(77)55(49-72)85-69/h5,7,11,13,16-17,19-20,22-23,25-26,28-29,37,39,45,47,53-57,59-70,72-75,77-83H,3-4,6,8-10,12,14-15,18,21,24,27,30-36,38,40-44,46,48-52H2,1-2H3,(H,71,76)/b7-5-,13-11-,17-16-,20-19-,23-22-,26-25-,29-28-,39-37+,47-45+. The number of carbonyl (C=O) groups excluding carboxylic acids is 1. The number of aliphatic hydroxyl groups is 11. The van der Waals surface area contributed by atoms with E-state index in [2.05, 4.69) is 116 Å². The molecule has 3 rings (SSSR count). The van der Waals surface area contributed by atoms with Gasteiger partial charge in [-0.25, -0.2) is 0 Å².